The predicted octanol–water partition coefficient (Wildman–Crippen LogP) is 5.46. The molecular formula is C22H17BrN2O3S. The van der Waals surface area contributed by atoms with Gasteiger partial charge in [-0.1, -0.05) is 30.3 Å². The SMILES string of the molecule is CN(C(=O)c1ccc(Br)o1)c1ccccc1C(=O)NCc1csc2ccccc12. The normalized spacial score (nSPS) is 10.8. The molecule has 0 saturated heterocycles. The van der Waals surface area contributed by atoms with Crippen molar-refractivity contribution in [1.82, 2.24) is 5.32 Å². The van der Waals surface area contributed by atoms with Crippen LogP contribution in [0.15, 0.2) is 75.1 Å². The Labute approximate surface area is 180 Å². The molecular weight excluding hydrogens is 452 g/mol. The number of nitrogens with zero attached hydrogens (tertiary/aromatic N) is 1. The molecule has 0 aliphatic rings. The Hall–Kier alpha value is -2.90. The molecule has 5 nitrogen and oxygen atoms in total. The predicted molar refractivity (Wildman–Crippen MR) is 119 cm³/mol. The summed E-state index contributed by atoms with van der Waals surface area (Å²) in [6.45, 7) is 0.417. The maximum absolute atomic E-state index is 12.9. The van der Waals surface area contributed by atoms with Crippen LogP contribution < -0.4 is 10.2 Å². The van der Waals surface area contributed by atoms with Crippen molar-refractivity contribution in [3.05, 3.63) is 87.6 Å². The van der Waals surface area contributed by atoms with Gasteiger partial charge < -0.3 is 14.6 Å². The van der Waals surface area contributed by atoms with Gasteiger partial charge in [0.15, 0.2) is 10.4 Å². The summed E-state index contributed by atoms with van der Waals surface area (Å²) in [5.74, 6) is -0.379. The molecule has 2 aromatic carbocycles. The first kappa shape index (κ1) is 19.4. The van der Waals surface area contributed by atoms with Crippen LogP contribution in [0.1, 0.15) is 26.5 Å². The van der Waals surface area contributed by atoms with Crippen LogP contribution in [0.5, 0.6) is 0 Å². The third-order valence-electron chi connectivity index (χ3n) is 4.60. The number of carbonyl (C=O) groups excluding carboxylic acids is 2. The minimum absolute atomic E-state index is 0.194. The highest BCUT2D eigenvalue weighted by Crippen LogP contribution is 2.26. The summed E-state index contributed by atoms with van der Waals surface area (Å²) < 4.78 is 7.01. The average molecular weight is 469 g/mol. The maximum Gasteiger partial charge on any atom is 0.293 e. The Bertz CT molecular complexity index is 1200. The molecule has 0 saturated carbocycles. The number of rotatable bonds is 5. The lowest BCUT2D eigenvalue weighted by molar-refractivity contribution is 0.0951. The number of para-hydroxylation sites is 1. The van der Waals surface area contributed by atoms with Gasteiger partial charge in [-0.15, -0.1) is 11.3 Å². The zero-order valence-electron chi connectivity index (χ0n) is 15.5. The molecule has 4 rings (SSSR count). The summed E-state index contributed by atoms with van der Waals surface area (Å²) in [6.07, 6.45) is 0. The molecule has 0 unspecified atom stereocenters. The first-order valence-corrected chi connectivity index (χ1v) is 10.6. The van der Waals surface area contributed by atoms with Gasteiger partial charge in [0.2, 0.25) is 0 Å². The minimum Gasteiger partial charge on any atom is -0.444 e. The third kappa shape index (κ3) is 3.97. The summed E-state index contributed by atoms with van der Waals surface area (Å²) in [6, 6.07) is 18.4. The molecule has 0 aliphatic heterocycles. The van der Waals surface area contributed by atoms with Gasteiger partial charge in [0, 0.05) is 18.3 Å². The van der Waals surface area contributed by atoms with E-state index in [0.717, 1.165) is 10.9 Å². The Morgan fingerprint density at radius 1 is 1.07 bits per heavy atom. The molecule has 7 heteroatoms. The monoisotopic (exact) mass is 468 g/mol. The van der Waals surface area contributed by atoms with E-state index in [1.54, 1.807) is 54.8 Å². The largest absolute Gasteiger partial charge is 0.444 e. The first-order chi connectivity index (χ1) is 14.0. The summed E-state index contributed by atoms with van der Waals surface area (Å²) in [5.41, 5.74) is 2.01. The van der Waals surface area contributed by atoms with Gasteiger partial charge in [0.05, 0.1) is 11.3 Å². The molecule has 2 amide bonds. The van der Waals surface area contributed by atoms with Gasteiger partial charge in [0.1, 0.15) is 0 Å². The van der Waals surface area contributed by atoms with Crippen LogP contribution >= 0.6 is 27.3 Å². The third-order valence-corrected chi connectivity index (χ3v) is 6.04. The molecule has 0 aliphatic carbocycles. The number of nitrogens with one attached hydrogen (secondary N) is 1. The summed E-state index contributed by atoms with van der Waals surface area (Å²) in [5, 5.41) is 6.17. The zero-order chi connectivity index (χ0) is 20.4. The van der Waals surface area contributed by atoms with Gasteiger partial charge in [-0.05, 0) is 62.6 Å². The van der Waals surface area contributed by atoms with Crippen molar-refractivity contribution in [3.63, 3.8) is 0 Å². The van der Waals surface area contributed by atoms with Crippen LogP contribution in [-0.2, 0) is 6.54 Å². The van der Waals surface area contributed by atoms with E-state index in [1.165, 1.54) is 9.60 Å². The Morgan fingerprint density at radius 2 is 1.83 bits per heavy atom. The lowest BCUT2D eigenvalue weighted by Crippen LogP contribution is -2.30. The van der Waals surface area contributed by atoms with E-state index in [9.17, 15) is 9.59 Å². The van der Waals surface area contributed by atoms with Crippen molar-refractivity contribution in [1.29, 1.82) is 0 Å². The van der Waals surface area contributed by atoms with Crippen LogP contribution in [0, 0.1) is 0 Å². The van der Waals surface area contributed by atoms with Gasteiger partial charge in [-0.2, -0.15) is 0 Å². The highest BCUT2D eigenvalue weighted by molar-refractivity contribution is 9.10. The fourth-order valence-electron chi connectivity index (χ4n) is 3.10. The van der Waals surface area contributed by atoms with E-state index in [4.69, 9.17) is 4.42 Å². The van der Waals surface area contributed by atoms with Crippen molar-refractivity contribution in [2.24, 2.45) is 0 Å². The van der Waals surface area contributed by atoms with Crippen LogP contribution in [0.3, 0.4) is 0 Å². The van der Waals surface area contributed by atoms with Gasteiger partial charge in [-0.25, -0.2) is 0 Å². The molecule has 0 spiro atoms. The highest BCUT2D eigenvalue weighted by atomic mass is 79.9. The summed E-state index contributed by atoms with van der Waals surface area (Å²) in [4.78, 5) is 27.0. The number of fused-ring (bicyclic) bond motifs is 1. The fourth-order valence-corrected chi connectivity index (χ4v) is 4.37. The van der Waals surface area contributed by atoms with E-state index in [1.807, 2.05) is 12.1 Å². The zero-order valence-corrected chi connectivity index (χ0v) is 17.9. The second-order valence-electron chi connectivity index (χ2n) is 6.42. The fraction of sp³-hybridized carbons (Fsp3) is 0.0909. The Kier molecular flexibility index (Phi) is 5.51. The van der Waals surface area contributed by atoms with Gasteiger partial charge in [-0.3, -0.25) is 9.59 Å². The highest BCUT2D eigenvalue weighted by Gasteiger charge is 2.22. The molecule has 1 N–H and O–H groups in total. The van der Waals surface area contributed by atoms with Crippen molar-refractivity contribution >= 4 is 54.9 Å². The number of hydrogen-bond donors (Lipinski definition) is 1. The number of anilines is 1. The molecule has 0 atom stereocenters. The molecule has 2 heterocycles. The number of benzene rings is 2. The molecule has 4 aromatic rings. The molecule has 146 valence electrons. The van der Waals surface area contributed by atoms with Crippen LogP contribution in [0.25, 0.3) is 10.1 Å². The van der Waals surface area contributed by atoms with E-state index in [2.05, 4.69) is 38.8 Å². The number of thiophene rings is 1. The molecule has 0 fully saturated rings. The van der Waals surface area contributed by atoms with E-state index >= 15 is 0 Å². The number of halogens is 1. The van der Waals surface area contributed by atoms with Gasteiger partial charge in [0.25, 0.3) is 11.8 Å². The summed E-state index contributed by atoms with van der Waals surface area (Å²) >= 11 is 4.85. The Morgan fingerprint density at radius 3 is 2.62 bits per heavy atom. The van der Waals surface area contributed by atoms with E-state index in [-0.39, 0.29) is 17.6 Å². The van der Waals surface area contributed by atoms with Crippen molar-refractivity contribution in [2.75, 3.05) is 11.9 Å². The minimum atomic E-state index is -0.334. The van der Waals surface area contributed by atoms with E-state index in [0.29, 0.717) is 22.5 Å². The molecule has 2 aromatic heterocycles. The van der Waals surface area contributed by atoms with Crippen molar-refractivity contribution in [3.8, 4) is 0 Å². The maximum atomic E-state index is 12.9. The van der Waals surface area contributed by atoms with Crippen molar-refractivity contribution in [2.45, 2.75) is 6.54 Å². The Balaban J connectivity index is 1.54. The second-order valence-corrected chi connectivity index (χ2v) is 8.12. The molecule has 0 bridgehead atoms. The second kappa shape index (κ2) is 8.23. The number of hydrogen-bond acceptors (Lipinski definition) is 4. The van der Waals surface area contributed by atoms with Crippen LogP contribution in [0.2, 0.25) is 0 Å². The van der Waals surface area contributed by atoms with E-state index < -0.39 is 0 Å². The van der Waals surface area contributed by atoms with Gasteiger partial charge >= 0.3 is 0 Å². The average Bonchev–Trinajstić information content (AvgIpc) is 3.37. The standard InChI is InChI=1S/C22H17BrN2O3S/c1-25(22(27)18-10-11-20(23)28-18)17-8-4-2-7-16(17)21(26)24-12-14-13-29-19-9-5-3-6-15(14)19/h2-11,13H,12H2,1H3,(H,24,26). The summed E-state index contributed by atoms with van der Waals surface area (Å²) in [7, 11) is 1.62. The quantitative estimate of drug-likeness (QED) is 0.422. The number of carbonyl (C=O) groups is 2. The number of furan rings is 1. The number of amides is 2. The lowest BCUT2D eigenvalue weighted by atomic mass is 10.1. The van der Waals surface area contributed by atoms with Crippen LogP contribution in [0.4, 0.5) is 5.69 Å². The van der Waals surface area contributed by atoms with Crippen molar-refractivity contribution < 1.29 is 14.0 Å². The molecule has 0 radical (unpaired) electrons. The lowest BCUT2D eigenvalue weighted by Gasteiger charge is -2.19. The molecule has 29 heavy (non-hydrogen) atoms. The smallest absolute Gasteiger partial charge is 0.293 e. The van der Waals surface area contributed by atoms with Crippen LogP contribution in [-0.4, -0.2) is 18.9 Å². The topological polar surface area (TPSA) is 62.6 Å². The first-order valence-electron chi connectivity index (χ1n) is 8.90.